The van der Waals surface area contributed by atoms with E-state index in [1.54, 1.807) is 19.2 Å². The Morgan fingerprint density at radius 1 is 1.07 bits per heavy atom. The summed E-state index contributed by atoms with van der Waals surface area (Å²) in [5, 5.41) is 5.43. The number of anilines is 1. The number of hydrogen-bond donors (Lipinski definition) is 1. The van der Waals surface area contributed by atoms with E-state index < -0.39 is 5.82 Å². The van der Waals surface area contributed by atoms with Crippen molar-refractivity contribution in [2.45, 2.75) is 50.6 Å². The Balaban J connectivity index is 1.35. The molecule has 0 saturated carbocycles. The Hall–Kier alpha value is -3.43. The Kier molecular flexibility index (Phi) is 6.31. The quantitative estimate of drug-likeness (QED) is 0.356. The van der Waals surface area contributed by atoms with Crippen molar-refractivity contribution < 1.29 is 13.5 Å². The van der Waals surface area contributed by atoms with Gasteiger partial charge in [0.15, 0.2) is 5.82 Å². The lowest BCUT2D eigenvalue weighted by Gasteiger charge is -2.31. The number of fused-ring (bicyclic) bond motifs is 3. The number of aromatic nitrogens is 3. The molecule has 0 spiro atoms. The maximum Gasteiger partial charge on any atom is 0.319 e. The second-order valence-electron chi connectivity index (χ2n) is 11.6. The summed E-state index contributed by atoms with van der Waals surface area (Å²) in [4.78, 5) is 18.7. The molecule has 3 fully saturated rings. The molecule has 2 aromatic carbocycles. The summed E-state index contributed by atoms with van der Waals surface area (Å²) >= 11 is 0. The zero-order chi connectivity index (χ0) is 27.4. The number of ether oxygens (including phenoxy) is 1. The van der Waals surface area contributed by atoms with Crippen molar-refractivity contribution >= 4 is 27.5 Å². The van der Waals surface area contributed by atoms with Gasteiger partial charge >= 0.3 is 6.01 Å². The summed E-state index contributed by atoms with van der Waals surface area (Å²) in [7, 11) is 1.99. The largest absolute Gasteiger partial charge is 0.461 e. The van der Waals surface area contributed by atoms with Crippen molar-refractivity contribution in [3.8, 4) is 17.3 Å². The normalized spacial score (nSPS) is 20.4. The van der Waals surface area contributed by atoms with E-state index in [0.29, 0.717) is 28.9 Å². The first-order chi connectivity index (χ1) is 19.4. The number of benzene rings is 2. The lowest BCUT2D eigenvalue weighted by molar-refractivity contribution is 0.108. The molecule has 9 heteroatoms. The Morgan fingerprint density at radius 3 is 2.67 bits per heavy atom. The van der Waals surface area contributed by atoms with Crippen LogP contribution in [0.15, 0.2) is 36.5 Å². The lowest BCUT2D eigenvalue weighted by Crippen LogP contribution is -2.43. The van der Waals surface area contributed by atoms with Gasteiger partial charge in [0.25, 0.3) is 0 Å². The van der Waals surface area contributed by atoms with Crippen LogP contribution in [0.1, 0.15) is 37.7 Å². The lowest BCUT2D eigenvalue weighted by atomic mass is 9.95. The minimum absolute atomic E-state index is 0.0256. The molecular weight excluding hydrogens is 510 g/mol. The molecule has 3 saturated heterocycles. The zero-order valence-corrected chi connectivity index (χ0v) is 23.0. The first-order valence-electron chi connectivity index (χ1n) is 14.3. The molecule has 3 aliphatic heterocycles. The van der Waals surface area contributed by atoms with Gasteiger partial charge in [-0.2, -0.15) is 9.97 Å². The van der Waals surface area contributed by atoms with Gasteiger partial charge in [-0.05, 0) is 81.1 Å². The first kappa shape index (κ1) is 25.5. The SMILES string of the molecule is Cc1c(F)ccc2c(-c3ncc4c(N(C)[C@@H]5CCNC5)nc(OCC56CCCN5CCC6)nc4c3F)cccc12. The number of rotatable bonds is 6. The predicted octanol–water partition coefficient (Wildman–Crippen LogP) is 5.24. The smallest absolute Gasteiger partial charge is 0.319 e. The molecule has 7 rings (SSSR count). The third-order valence-corrected chi connectivity index (χ3v) is 9.36. The van der Waals surface area contributed by atoms with E-state index in [1.807, 2.05) is 25.2 Å². The summed E-state index contributed by atoms with van der Waals surface area (Å²) in [5.41, 5.74) is 1.52. The molecule has 1 atom stereocenters. The first-order valence-corrected chi connectivity index (χ1v) is 14.3. The number of halogens is 2. The van der Waals surface area contributed by atoms with Crippen LogP contribution in [0.4, 0.5) is 14.6 Å². The fourth-order valence-corrected chi connectivity index (χ4v) is 7.03. The number of aryl methyl sites for hydroxylation is 1. The van der Waals surface area contributed by atoms with Crippen molar-refractivity contribution in [2.75, 3.05) is 44.7 Å². The number of hydrogen-bond acceptors (Lipinski definition) is 7. The van der Waals surface area contributed by atoms with Gasteiger partial charge in [0, 0.05) is 31.4 Å². The summed E-state index contributed by atoms with van der Waals surface area (Å²) in [6, 6.07) is 9.01. The molecule has 0 amide bonds. The Bertz CT molecular complexity index is 1590. The minimum atomic E-state index is -0.528. The van der Waals surface area contributed by atoms with E-state index in [9.17, 15) is 4.39 Å². The molecule has 5 heterocycles. The maximum absolute atomic E-state index is 16.5. The zero-order valence-electron chi connectivity index (χ0n) is 23.0. The van der Waals surface area contributed by atoms with Gasteiger partial charge in [0.1, 0.15) is 29.5 Å². The van der Waals surface area contributed by atoms with E-state index in [2.05, 4.69) is 25.1 Å². The van der Waals surface area contributed by atoms with E-state index >= 15 is 4.39 Å². The third-order valence-electron chi connectivity index (χ3n) is 9.36. The second-order valence-corrected chi connectivity index (χ2v) is 11.6. The number of nitrogens with one attached hydrogen (secondary N) is 1. The number of nitrogens with zero attached hydrogens (tertiary/aromatic N) is 5. The van der Waals surface area contributed by atoms with E-state index in [0.717, 1.165) is 56.2 Å². The molecule has 0 unspecified atom stereocenters. The van der Waals surface area contributed by atoms with Crippen LogP contribution in [0, 0.1) is 18.6 Å². The standard InChI is InChI=1S/C31H34F2N6O/c1-19-21-6-3-7-23(22(21)8-9-25(19)32)27-26(33)28-24(17-35-27)29(38(2)20-10-13-34-16-20)37-30(36-28)40-18-31-11-4-14-39(31)15-5-12-31/h3,6-9,17,20,34H,4-5,10-16,18H2,1-2H3/t20-/m1/s1. The van der Waals surface area contributed by atoms with Crippen LogP contribution in [0.25, 0.3) is 32.9 Å². The average Bonchev–Trinajstić information content (AvgIpc) is 3.72. The molecule has 4 aromatic rings. The summed E-state index contributed by atoms with van der Waals surface area (Å²) in [5.74, 6) is -0.197. The predicted molar refractivity (Wildman–Crippen MR) is 153 cm³/mol. The van der Waals surface area contributed by atoms with Crippen LogP contribution in [0.2, 0.25) is 0 Å². The third kappa shape index (κ3) is 4.09. The maximum atomic E-state index is 16.5. The van der Waals surface area contributed by atoms with Crippen LogP contribution in [0.5, 0.6) is 6.01 Å². The van der Waals surface area contributed by atoms with Gasteiger partial charge in [-0.25, -0.2) is 8.78 Å². The monoisotopic (exact) mass is 544 g/mol. The van der Waals surface area contributed by atoms with E-state index in [4.69, 9.17) is 9.72 Å². The van der Waals surface area contributed by atoms with Gasteiger partial charge in [-0.1, -0.05) is 24.3 Å². The highest BCUT2D eigenvalue weighted by atomic mass is 19.1. The highest BCUT2D eigenvalue weighted by molar-refractivity contribution is 6.00. The van der Waals surface area contributed by atoms with Gasteiger partial charge in [-0.3, -0.25) is 9.88 Å². The molecule has 0 bridgehead atoms. The van der Waals surface area contributed by atoms with Crippen molar-refractivity contribution in [1.82, 2.24) is 25.2 Å². The van der Waals surface area contributed by atoms with Crippen LogP contribution in [-0.4, -0.2) is 71.3 Å². The fourth-order valence-electron chi connectivity index (χ4n) is 7.03. The van der Waals surface area contributed by atoms with Gasteiger partial charge in [-0.15, -0.1) is 0 Å². The van der Waals surface area contributed by atoms with Gasteiger partial charge < -0.3 is 15.0 Å². The second kappa shape index (κ2) is 9.89. The molecule has 0 radical (unpaired) electrons. The molecule has 40 heavy (non-hydrogen) atoms. The van der Waals surface area contributed by atoms with E-state index in [1.165, 1.54) is 18.9 Å². The topological polar surface area (TPSA) is 66.4 Å². The minimum Gasteiger partial charge on any atom is -0.461 e. The van der Waals surface area contributed by atoms with Gasteiger partial charge in [0.05, 0.1) is 10.9 Å². The molecular formula is C31H34F2N6O. The molecule has 1 N–H and O–H groups in total. The van der Waals surface area contributed by atoms with Crippen molar-refractivity contribution in [3.05, 3.63) is 53.7 Å². The molecule has 2 aromatic heterocycles. The summed E-state index contributed by atoms with van der Waals surface area (Å²) in [6.45, 7) is 6.19. The van der Waals surface area contributed by atoms with E-state index in [-0.39, 0.29) is 34.6 Å². The van der Waals surface area contributed by atoms with Crippen molar-refractivity contribution in [3.63, 3.8) is 0 Å². The van der Waals surface area contributed by atoms with Crippen LogP contribution in [-0.2, 0) is 0 Å². The fraction of sp³-hybridized carbons (Fsp3) is 0.452. The average molecular weight is 545 g/mol. The Morgan fingerprint density at radius 2 is 1.90 bits per heavy atom. The van der Waals surface area contributed by atoms with Crippen LogP contribution >= 0.6 is 0 Å². The van der Waals surface area contributed by atoms with Crippen LogP contribution in [0.3, 0.4) is 0 Å². The Labute approximate surface area is 232 Å². The molecule has 3 aliphatic rings. The molecule has 208 valence electrons. The van der Waals surface area contributed by atoms with Gasteiger partial charge in [0.2, 0.25) is 0 Å². The van der Waals surface area contributed by atoms with Crippen molar-refractivity contribution in [1.29, 1.82) is 0 Å². The number of likely N-dealkylation sites (N-methyl/N-ethyl adjacent to an activating group) is 1. The highest BCUT2D eigenvalue weighted by Crippen LogP contribution is 2.40. The number of pyridine rings is 1. The van der Waals surface area contributed by atoms with Crippen LogP contribution < -0.4 is 15.0 Å². The molecule has 7 nitrogen and oxygen atoms in total. The molecule has 0 aliphatic carbocycles. The highest BCUT2D eigenvalue weighted by Gasteiger charge is 2.45. The summed E-state index contributed by atoms with van der Waals surface area (Å²) in [6.07, 6.45) is 7.17. The van der Waals surface area contributed by atoms with Crippen molar-refractivity contribution in [2.24, 2.45) is 0 Å². The summed E-state index contributed by atoms with van der Waals surface area (Å²) < 4.78 is 37.1.